The fourth-order valence-corrected chi connectivity index (χ4v) is 2.38. The van der Waals surface area contributed by atoms with Gasteiger partial charge in [0, 0.05) is 13.1 Å². The van der Waals surface area contributed by atoms with Gasteiger partial charge in [0.2, 0.25) is 6.79 Å². The third-order valence-corrected chi connectivity index (χ3v) is 3.22. The van der Waals surface area contributed by atoms with Gasteiger partial charge in [-0.3, -0.25) is 4.79 Å². The summed E-state index contributed by atoms with van der Waals surface area (Å²) in [7, 11) is 0. The van der Waals surface area contributed by atoms with Gasteiger partial charge < -0.3 is 19.5 Å². The summed E-state index contributed by atoms with van der Waals surface area (Å²) in [6.45, 7) is 3.73. The highest BCUT2D eigenvalue weighted by atomic mass is 79.9. The molecule has 1 aromatic rings. The molecular weight excluding hydrogens is 314 g/mol. The Labute approximate surface area is 120 Å². The van der Waals surface area contributed by atoms with Crippen molar-refractivity contribution in [3.8, 4) is 11.5 Å². The number of nitrogens with one attached hydrogen (secondary N) is 1. The van der Waals surface area contributed by atoms with Crippen LogP contribution in [0.15, 0.2) is 16.6 Å². The average Bonchev–Trinajstić information content (AvgIpc) is 2.84. The molecule has 0 spiro atoms. The maximum atomic E-state index is 11.2. The Hall–Kier alpha value is -1.27. The molecule has 1 heterocycles. The van der Waals surface area contributed by atoms with E-state index in [0.29, 0.717) is 26.1 Å². The van der Waals surface area contributed by atoms with Crippen molar-refractivity contribution in [3.05, 3.63) is 22.2 Å². The van der Waals surface area contributed by atoms with Gasteiger partial charge in [-0.1, -0.05) is 0 Å². The summed E-state index contributed by atoms with van der Waals surface area (Å²) < 4.78 is 16.4. The van der Waals surface area contributed by atoms with Crippen molar-refractivity contribution >= 4 is 21.9 Å². The summed E-state index contributed by atoms with van der Waals surface area (Å²) >= 11 is 3.44. The van der Waals surface area contributed by atoms with Gasteiger partial charge in [0.1, 0.15) is 0 Å². The Kier molecular flexibility index (Phi) is 5.04. The van der Waals surface area contributed by atoms with Crippen LogP contribution < -0.4 is 14.8 Å². The maximum Gasteiger partial charge on any atom is 0.307 e. The largest absolute Gasteiger partial charge is 0.466 e. The number of carbonyl (C=O) groups is 1. The molecule has 1 aliphatic rings. The lowest BCUT2D eigenvalue weighted by molar-refractivity contribution is -0.142. The molecule has 0 saturated carbocycles. The molecule has 0 saturated heterocycles. The van der Waals surface area contributed by atoms with Crippen LogP contribution in [0.2, 0.25) is 0 Å². The zero-order valence-electron chi connectivity index (χ0n) is 10.7. The van der Waals surface area contributed by atoms with E-state index in [0.717, 1.165) is 21.5 Å². The first-order valence-corrected chi connectivity index (χ1v) is 6.94. The second-order valence-electron chi connectivity index (χ2n) is 4.04. The summed E-state index contributed by atoms with van der Waals surface area (Å²) in [5.74, 6) is 1.31. The van der Waals surface area contributed by atoms with Gasteiger partial charge in [0.15, 0.2) is 11.5 Å². The van der Waals surface area contributed by atoms with Crippen molar-refractivity contribution in [1.29, 1.82) is 0 Å². The molecule has 0 radical (unpaired) electrons. The highest BCUT2D eigenvalue weighted by Gasteiger charge is 2.17. The van der Waals surface area contributed by atoms with E-state index < -0.39 is 0 Å². The van der Waals surface area contributed by atoms with Gasteiger partial charge in [-0.15, -0.1) is 0 Å². The van der Waals surface area contributed by atoms with Gasteiger partial charge in [0.05, 0.1) is 17.5 Å². The number of benzene rings is 1. The second kappa shape index (κ2) is 6.77. The first kappa shape index (κ1) is 14.1. The van der Waals surface area contributed by atoms with Crippen LogP contribution in [0.5, 0.6) is 11.5 Å². The molecule has 104 valence electrons. The lowest BCUT2D eigenvalue weighted by Gasteiger charge is -2.07. The van der Waals surface area contributed by atoms with Crippen molar-refractivity contribution in [2.24, 2.45) is 0 Å². The molecule has 0 amide bonds. The fraction of sp³-hybridized carbons (Fsp3) is 0.462. The highest BCUT2D eigenvalue weighted by Crippen LogP contribution is 2.39. The van der Waals surface area contributed by atoms with Crippen LogP contribution in [0, 0.1) is 0 Å². The number of rotatable bonds is 6. The van der Waals surface area contributed by atoms with Crippen LogP contribution in [0.1, 0.15) is 18.9 Å². The van der Waals surface area contributed by atoms with Gasteiger partial charge in [-0.05, 0) is 40.5 Å². The standard InChI is InChI=1S/C13H16BrNO4/c1-2-17-12(16)3-4-15-7-9-5-10(14)13-11(6-9)18-8-19-13/h5-6,15H,2-4,7-8H2,1H3. The van der Waals surface area contributed by atoms with Crippen LogP contribution in [0.3, 0.4) is 0 Å². The molecular formula is C13H16BrNO4. The third kappa shape index (κ3) is 3.84. The SMILES string of the molecule is CCOC(=O)CCNCc1cc(Br)c2c(c1)OCO2. The van der Waals surface area contributed by atoms with Crippen molar-refractivity contribution in [3.63, 3.8) is 0 Å². The summed E-state index contributed by atoms with van der Waals surface area (Å²) in [5.41, 5.74) is 1.07. The Morgan fingerprint density at radius 3 is 3.11 bits per heavy atom. The van der Waals surface area contributed by atoms with Crippen LogP contribution in [-0.2, 0) is 16.1 Å². The Bertz CT molecular complexity index is 464. The molecule has 0 aliphatic carbocycles. The van der Waals surface area contributed by atoms with Crippen LogP contribution in [-0.4, -0.2) is 25.9 Å². The molecule has 0 bridgehead atoms. The zero-order chi connectivity index (χ0) is 13.7. The molecule has 0 atom stereocenters. The third-order valence-electron chi connectivity index (χ3n) is 2.63. The minimum Gasteiger partial charge on any atom is -0.466 e. The number of hydrogen-bond acceptors (Lipinski definition) is 5. The number of hydrogen-bond donors (Lipinski definition) is 1. The van der Waals surface area contributed by atoms with E-state index >= 15 is 0 Å². The lowest BCUT2D eigenvalue weighted by Crippen LogP contribution is -2.19. The minimum absolute atomic E-state index is 0.179. The fourth-order valence-electron chi connectivity index (χ4n) is 1.78. The molecule has 0 unspecified atom stereocenters. The monoisotopic (exact) mass is 329 g/mol. The molecule has 0 fully saturated rings. The first-order valence-electron chi connectivity index (χ1n) is 6.15. The number of halogens is 1. The first-order chi connectivity index (χ1) is 9.20. The summed E-state index contributed by atoms with van der Waals surface area (Å²) in [4.78, 5) is 11.2. The highest BCUT2D eigenvalue weighted by molar-refractivity contribution is 9.10. The predicted molar refractivity (Wildman–Crippen MR) is 73.2 cm³/mol. The van der Waals surface area contributed by atoms with Crippen molar-refractivity contribution in [1.82, 2.24) is 5.32 Å². The van der Waals surface area contributed by atoms with E-state index in [4.69, 9.17) is 14.2 Å². The minimum atomic E-state index is -0.179. The smallest absolute Gasteiger partial charge is 0.307 e. The Balaban J connectivity index is 1.81. The molecule has 1 aromatic carbocycles. The number of esters is 1. The quantitative estimate of drug-likeness (QED) is 0.640. The van der Waals surface area contributed by atoms with Crippen molar-refractivity contribution < 1.29 is 19.0 Å². The van der Waals surface area contributed by atoms with Crippen LogP contribution >= 0.6 is 15.9 Å². The predicted octanol–water partition coefficient (Wildman–Crippen LogP) is 2.22. The van der Waals surface area contributed by atoms with Crippen molar-refractivity contribution in [2.45, 2.75) is 19.9 Å². The van der Waals surface area contributed by atoms with Gasteiger partial charge in [-0.25, -0.2) is 0 Å². The van der Waals surface area contributed by atoms with Gasteiger partial charge in [0.25, 0.3) is 0 Å². The molecule has 1 N–H and O–H groups in total. The van der Waals surface area contributed by atoms with E-state index in [2.05, 4.69) is 21.2 Å². The normalized spacial score (nSPS) is 12.5. The topological polar surface area (TPSA) is 56.8 Å². The van der Waals surface area contributed by atoms with Crippen LogP contribution in [0.4, 0.5) is 0 Å². The summed E-state index contributed by atoms with van der Waals surface area (Å²) in [5, 5.41) is 3.19. The van der Waals surface area contributed by atoms with Crippen LogP contribution in [0.25, 0.3) is 0 Å². The van der Waals surface area contributed by atoms with E-state index in [1.807, 2.05) is 12.1 Å². The molecule has 1 aliphatic heterocycles. The van der Waals surface area contributed by atoms with E-state index in [1.165, 1.54) is 0 Å². The molecule has 19 heavy (non-hydrogen) atoms. The number of carbonyl (C=O) groups excluding carboxylic acids is 1. The summed E-state index contributed by atoms with van der Waals surface area (Å²) in [6, 6.07) is 3.91. The Morgan fingerprint density at radius 1 is 1.47 bits per heavy atom. The van der Waals surface area contributed by atoms with Gasteiger partial charge >= 0.3 is 5.97 Å². The number of ether oxygens (including phenoxy) is 3. The summed E-state index contributed by atoms with van der Waals surface area (Å²) in [6.07, 6.45) is 0.375. The van der Waals surface area contributed by atoms with E-state index in [1.54, 1.807) is 6.92 Å². The molecule has 0 aromatic heterocycles. The average molecular weight is 330 g/mol. The van der Waals surface area contributed by atoms with E-state index in [-0.39, 0.29) is 12.8 Å². The molecule has 6 heteroatoms. The van der Waals surface area contributed by atoms with Gasteiger partial charge in [-0.2, -0.15) is 0 Å². The molecule has 5 nitrogen and oxygen atoms in total. The van der Waals surface area contributed by atoms with E-state index in [9.17, 15) is 4.79 Å². The second-order valence-corrected chi connectivity index (χ2v) is 4.90. The molecule has 2 rings (SSSR count). The van der Waals surface area contributed by atoms with Crippen molar-refractivity contribution in [2.75, 3.05) is 19.9 Å². The lowest BCUT2D eigenvalue weighted by atomic mass is 10.2. The number of fused-ring (bicyclic) bond motifs is 1. The Morgan fingerprint density at radius 2 is 2.32 bits per heavy atom. The zero-order valence-corrected chi connectivity index (χ0v) is 12.3. The maximum absolute atomic E-state index is 11.2.